The van der Waals surface area contributed by atoms with E-state index in [1.807, 2.05) is 30.3 Å². The van der Waals surface area contributed by atoms with E-state index in [0.29, 0.717) is 6.42 Å². The van der Waals surface area contributed by atoms with Gasteiger partial charge in [0.1, 0.15) is 0 Å². The topological polar surface area (TPSA) is 57.6 Å². The van der Waals surface area contributed by atoms with E-state index in [2.05, 4.69) is 0 Å². The Morgan fingerprint density at radius 3 is 2.10 bits per heavy atom. The van der Waals surface area contributed by atoms with Crippen molar-refractivity contribution in [2.75, 3.05) is 14.1 Å². The summed E-state index contributed by atoms with van der Waals surface area (Å²) in [6, 6.07) is 16.0. The lowest BCUT2D eigenvalue weighted by Crippen LogP contribution is -2.22. The second kappa shape index (κ2) is 6.39. The van der Waals surface area contributed by atoms with Gasteiger partial charge in [0.25, 0.3) is 0 Å². The van der Waals surface area contributed by atoms with Crippen molar-refractivity contribution in [1.29, 1.82) is 0 Å². The first-order valence-electron chi connectivity index (χ1n) is 6.66. The molecular formula is C16H19NO3S. The standard InChI is InChI=1S/C16H19NO3S/c1-17(2)21(19,20)15-10-8-13(9-11-15)12-16(18)14-6-4-3-5-7-14/h3-11,16,18H,12H2,1-2H3. The van der Waals surface area contributed by atoms with Crippen LogP contribution in [-0.4, -0.2) is 31.9 Å². The van der Waals surface area contributed by atoms with Crippen molar-refractivity contribution in [2.45, 2.75) is 17.4 Å². The van der Waals surface area contributed by atoms with E-state index in [-0.39, 0.29) is 4.90 Å². The summed E-state index contributed by atoms with van der Waals surface area (Å²) >= 11 is 0. The van der Waals surface area contributed by atoms with Crippen LogP contribution in [-0.2, 0) is 16.4 Å². The minimum absolute atomic E-state index is 0.255. The molecule has 21 heavy (non-hydrogen) atoms. The molecule has 1 atom stereocenters. The summed E-state index contributed by atoms with van der Waals surface area (Å²) in [5.74, 6) is 0. The molecule has 1 unspecified atom stereocenters. The van der Waals surface area contributed by atoms with Gasteiger partial charge in [-0.1, -0.05) is 42.5 Å². The minimum atomic E-state index is -3.40. The van der Waals surface area contributed by atoms with Crippen molar-refractivity contribution < 1.29 is 13.5 Å². The summed E-state index contributed by atoms with van der Waals surface area (Å²) in [5.41, 5.74) is 1.74. The SMILES string of the molecule is CN(C)S(=O)(=O)c1ccc(CC(O)c2ccccc2)cc1. The number of rotatable bonds is 5. The Kier molecular flexibility index (Phi) is 4.77. The molecule has 0 aromatic heterocycles. The molecule has 2 aromatic rings. The van der Waals surface area contributed by atoms with Gasteiger partial charge < -0.3 is 5.11 Å². The van der Waals surface area contributed by atoms with Gasteiger partial charge in [0.15, 0.2) is 0 Å². The fraction of sp³-hybridized carbons (Fsp3) is 0.250. The van der Waals surface area contributed by atoms with Gasteiger partial charge in [0.05, 0.1) is 11.0 Å². The van der Waals surface area contributed by atoms with Crippen LogP contribution in [0.25, 0.3) is 0 Å². The molecule has 0 radical (unpaired) electrons. The quantitative estimate of drug-likeness (QED) is 0.921. The molecule has 5 heteroatoms. The summed E-state index contributed by atoms with van der Waals surface area (Å²) < 4.78 is 25.1. The maximum atomic E-state index is 12.0. The van der Waals surface area contributed by atoms with Crippen LogP contribution in [0.4, 0.5) is 0 Å². The summed E-state index contributed by atoms with van der Waals surface area (Å²) in [6.07, 6.45) is -0.144. The van der Waals surface area contributed by atoms with E-state index in [0.717, 1.165) is 11.1 Å². The van der Waals surface area contributed by atoms with Crippen LogP contribution >= 0.6 is 0 Å². The first kappa shape index (κ1) is 15.7. The van der Waals surface area contributed by atoms with Crippen LogP contribution in [0.5, 0.6) is 0 Å². The normalized spacial score (nSPS) is 13.3. The predicted molar refractivity (Wildman–Crippen MR) is 82.4 cm³/mol. The zero-order chi connectivity index (χ0) is 15.5. The van der Waals surface area contributed by atoms with Crippen molar-refractivity contribution in [3.05, 3.63) is 65.7 Å². The summed E-state index contributed by atoms with van der Waals surface area (Å²) in [5, 5.41) is 10.2. The zero-order valence-electron chi connectivity index (χ0n) is 12.1. The van der Waals surface area contributed by atoms with Crippen molar-refractivity contribution in [2.24, 2.45) is 0 Å². The lowest BCUT2D eigenvalue weighted by atomic mass is 10.0. The molecule has 2 rings (SSSR count). The van der Waals surface area contributed by atoms with Crippen LogP contribution in [0, 0.1) is 0 Å². The third-order valence-corrected chi connectivity index (χ3v) is 5.14. The maximum Gasteiger partial charge on any atom is 0.242 e. The van der Waals surface area contributed by atoms with Crippen molar-refractivity contribution >= 4 is 10.0 Å². The Balaban J connectivity index is 2.14. The molecule has 0 amide bonds. The number of aliphatic hydroxyl groups excluding tert-OH is 1. The third kappa shape index (κ3) is 3.69. The van der Waals surface area contributed by atoms with Gasteiger partial charge >= 0.3 is 0 Å². The molecule has 1 N–H and O–H groups in total. The Labute approximate surface area is 125 Å². The van der Waals surface area contributed by atoms with Gasteiger partial charge in [-0.05, 0) is 23.3 Å². The smallest absolute Gasteiger partial charge is 0.242 e. The third-order valence-electron chi connectivity index (χ3n) is 3.32. The molecule has 0 aliphatic rings. The number of hydrogen-bond acceptors (Lipinski definition) is 3. The number of sulfonamides is 1. The number of hydrogen-bond donors (Lipinski definition) is 1. The molecule has 4 nitrogen and oxygen atoms in total. The van der Waals surface area contributed by atoms with Crippen LogP contribution < -0.4 is 0 Å². The van der Waals surface area contributed by atoms with Crippen molar-refractivity contribution in [3.63, 3.8) is 0 Å². The molecule has 0 saturated heterocycles. The first-order valence-corrected chi connectivity index (χ1v) is 8.10. The molecule has 0 spiro atoms. The molecule has 0 aliphatic carbocycles. The largest absolute Gasteiger partial charge is 0.388 e. The fourth-order valence-electron chi connectivity index (χ4n) is 2.02. The van der Waals surface area contributed by atoms with E-state index < -0.39 is 16.1 Å². The van der Waals surface area contributed by atoms with Crippen LogP contribution in [0.1, 0.15) is 17.2 Å². The lowest BCUT2D eigenvalue weighted by Gasteiger charge is -2.13. The second-order valence-corrected chi connectivity index (χ2v) is 7.21. The average Bonchev–Trinajstić information content (AvgIpc) is 2.48. The van der Waals surface area contributed by atoms with Gasteiger partial charge in [0, 0.05) is 20.5 Å². The number of aliphatic hydroxyl groups is 1. The molecule has 0 aliphatic heterocycles. The van der Waals surface area contributed by atoms with Crippen molar-refractivity contribution in [3.8, 4) is 0 Å². The van der Waals surface area contributed by atoms with Crippen LogP contribution in [0.2, 0.25) is 0 Å². The summed E-state index contributed by atoms with van der Waals surface area (Å²) in [4.78, 5) is 0.255. The Morgan fingerprint density at radius 2 is 1.57 bits per heavy atom. The molecule has 2 aromatic carbocycles. The zero-order valence-corrected chi connectivity index (χ0v) is 12.9. The van der Waals surface area contributed by atoms with E-state index in [1.165, 1.54) is 18.4 Å². The van der Waals surface area contributed by atoms with Gasteiger partial charge in [0.2, 0.25) is 10.0 Å². The molecule has 0 heterocycles. The number of nitrogens with zero attached hydrogens (tertiary/aromatic N) is 1. The summed E-state index contributed by atoms with van der Waals surface area (Å²) in [6.45, 7) is 0. The van der Waals surface area contributed by atoms with Crippen LogP contribution in [0.15, 0.2) is 59.5 Å². The number of benzene rings is 2. The Hall–Kier alpha value is -1.69. The van der Waals surface area contributed by atoms with Crippen LogP contribution in [0.3, 0.4) is 0 Å². The minimum Gasteiger partial charge on any atom is -0.388 e. The fourth-order valence-corrected chi connectivity index (χ4v) is 2.93. The van der Waals surface area contributed by atoms with Gasteiger partial charge in [-0.2, -0.15) is 0 Å². The molecule has 0 bridgehead atoms. The highest BCUT2D eigenvalue weighted by Crippen LogP contribution is 2.20. The first-order chi connectivity index (χ1) is 9.91. The predicted octanol–water partition coefficient (Wildman–Crippen LogP) is 2.21. The lowest BCUT2D eigenvalue weighted by molar-refractivity contribution is 0.178. The molecule has 0 saturated carbocycles. The van der Waals surface area contributed by atoms with E-state index in [9.17, 15) is 13.5 Å². The van der Waals surface area contributed by atoms with Gasteiger partial charge in [-0.25, -0.2) is 12.7 Å². The molecule has 112 valence electrons. The highest BCUT2D eigenvalue weighted by atomic mass is 32.2. The summed E-state index contributed by atoms with van der Waals surface area (Å²) in [7, 11) is -0.399. The molecule has 0 fully saturated rings. The van der Waals surface area contributed by atoms with E-state index in [1.54, 1.807) is 24.3 Å². The Morgan fingerprint density at radius 1 is 1.00 bits per heavy atom. The van der Waals surface area contributed by atoms with Crippen molar-refractivity contribution in [1.82, 2.24) is 4.31 Å². The second-order valence-electron chi connectivity index (χ2n) is 5.06. The molecular weight excluding hydrogens is 286 g/mol. The highest BCUT2D eigenvalue weighted by Gasteiger charge is 2.17. The van der Waals surface area contributed by atoms with Gasteiger partial charge in [-0.3, -0.25) is 0 Å². The van der Waals surface area contributed by atoms with E-state index >= 15 is 0 Å². The van der Waals surface area contributed by atoms with E-state index in [4.69, 9.17) is 0 Å². The average molecular weight is 305 g/mol. The highest BCUT2D eigenvalue weighted by molar-refractivity contribution is 7.89. The maximum absolute atomic E-state index is 12.0. The Bertz CT molecular complexity index is 679. The monoisotopic (exact) mass is 305 g/mol. The van der Waals surface area contributed by atoms with Gasteiger partial charge in [-0.15, -0.1) is 0 Å².